The van der Waals surface area contributed by atoms with Crippen molar-refractivity contribution in [2.75, 3.05) is 13.1 Å². The Morgan fingerprint density at radius 2 is 2.14 bits per heavy atom. The summed E-state index contributed by atoms with van der Waals surface area (Å²) in [6.07, 6.45) is 4.53. The van der Waals surface area contributed by atoms with Crippen molar-refractivity contribution in [1.29, 1.82) is 0 Å². The lowest BCUT2D eigenvalue weighted by molar-refractivity contribution is -0.135. The molecule has 2 atom stereocenters. The number of carbonyl (C=O) groups is 1. The molecule has 0 bridgehead atoms. The van der Waals surface area contributed by atoms with E-state index in [-0.39, 0.29) is 23.8 Å². The number of carbonyl (C=O) groups excluding carboxylic acids is 1. The lowest BCUT2D eigenvalue weighted by Crippen LogP contribution is -2.49. The second kappa shape index (κ2) is 5.88. The third-order valence-corrected chi connectivity index (χ3v) is 5.19. The van der Waals surface area contributed by atoms with Crippen LogP contribution in [-0.4, -0.2) is 40.2 Å². The van der Waals surface area contributed by atoms with E-state index in [9.17, 15) is 19.4 Å². The predicted octanol–water partition coefficient (Wildman–Crippen LogP) is 2.23. The van der Waals surface area contributed by atoms with E-state index in [4.69, 9.17) is 0 Å². The molecule has 1 aromatic carbocycles. The maximum absolute atomic E-state index is 13.4. The molecule has 1 amide bonds. The number of hydrogen-bond acceptors (Lipinski definition) is 3. The Bertz CT molecular complexity index is 577. The summed E-state index contributed by atoms with van der Waals surface area (Å²) in [6.45, 7) is 1.31. The van der Waals surface area contributed by atoms with Crippen LogP contribution in [0.5, 0.6) is 5.75 Å². The van der Waals surface area contributed by atoms with Gasteiger partial charge in [-0.15, -0.1) is 0 Å². The Morgan fingerprint density at radius 3 is 2.82 bits per heavy atom. The molecule has 0 aromatic heterocycles. The van der Waals surface area contributed by atoms with Gasteiger partial charge in [-0.1, -0.05) is 12.5 Å². The molecular weight excluding hydrogens is 285 g/mol. The molecule has 1 heterocycles. The highest BCUT2D eigenvalue weighted by Gasteiger charge is 2.45. The summed E-state index contributed by atoms with van der Waals surface area (Å²) in [5.41, 5.74) is 0.431. The van der Waals surface area contributed by atoms with Crippen molar-refractivity contribution in [2.45, 2.75) is 44.6 Å². The van der Waals surface area contributed by atoms with Gasteiger partial charge in [-0.3, -0.25) is 4.79 Å². The van der Waals surface area contributed by atoms with Crippen LogP contribution in [0.1, 0.15) is 37.7 Å². The number of aliphatic hydroxyl groups excluding tert-OH is 1. The second-order valence-corrected chi connectivity index (χ2v) is 6.65. The molecule has 1 spiro atoms. The summed E-state index contributed by atoms with van der Waals surface area (Å²) in [4.78, 5) is 14.3. The molecule has 5 heteroatoms. The molecule has 1 aromatic rings. The molecule has 2 N–H and O–H groups in total. The van der Waals surface area contributed by atoms with Crippen LogP contribution >= 0.6 is 0 Å². The number of nitrogens with zero attached hydrogens (tertiary/aromatic N) is 1. The topological polar surface area (TPSA) is 60.8 Å². The highest BCUT2D eigenvalue weighted by Crippen LogP contribution is 2.45. The number of likely N-dealkylation sites (tertiary alicyclic amines) is 1. The van der Waals surface area contributed by atoms with E-state index in [0.29, 0.717) is 18.7 Å². The van der Waals surface area contributed by atoms with E-state index >= 15 is 0 Å². The summed E-state index contributed by atoms with van der Waals surface area (Å²) in [5.74, 6) is -1.14. The Morgan fingerprint density at radius 1 is 1.36 bits per heavy atom. The molecule has 0 radical (unpaired) electrons. The van der Waals surface area contributed by atoms with Gasteiger partial charge in [0.2, 0.25) is 5.91 Å². The largest absolute Gasteiger partial charge is 0.505 e. The highest BCUT2D eigenvalue weighted by atomic mass is 19.1. The minimum absolute atomic E-state index is 0.0386. The first-order valence-corrected chi connectivity index (χ1v) is 7.93. The van der Waals surface area contributed by atoms with Crippen molar-refractivity contribution < 1.29 is 19.4 Å². The predicted molar refractivity (Wildman–Crippen MR) is 79.9 cm³/mol. The van der Waals surface area contributed by atoms with Crippen molar-refractivity contribution in [3.05, 3.63) is 29.6 Å². The molecule has 2 aliphatic rings. The summed E-state index contributed by atoms with van der Waals surface area (Å²) in [5, 5.41) is 19.4. The SMILES string of the molecule is O=C(Cc1ccc(O)c(F)c1)N1CCC[C@]2(CCCC2O)C1. The zero-order chi connectivity index (χ0) is 15.7. The van der Waals surface area contributed by atoms with Crippen molar-refractivity contribution in [1.82, 2.24) is 4.90 Å². The zero-order valence-corrected chi connectivity index (χ0v) is 12.6. The van der Waals surface area contributed by atoms with Gasteiger partial charge < -0.3 is 15.1 Å². The average molecular weight is 307 g/mol. The summed E-state index contributed by atoms with van der Waals surface area (Å²) < 4.78 is 13.4. The van der Waals surface area contributed by atoms with Crippen molar-refractivity contribution in [3.63, 3.8) is 0 Å². The van der Waals surface area contributed by atoms with Crippen LogP contribution in [0.3, 0.4) is 0 Å². The number of hydrogen-bond donors (Lipinski definition) is 2. The van der Waals surface area contributed by atoms with Crippen LogP contribution in [0.25, 0.3) is 0 Å². The first-order chi connectivity index (χ1) is 10.5. The Labute approximate surface area is 129 Å². The zero-order valence-electron chi connectivity index (χ0n) is 12.6. The Kier molecular flexibility index (Phi) is 4.08. The molecule has 3 rings (SSSR count). The van der Waals surface area contributed by atoms with E-state index in [2.05, 4.69) is 0 Å². The Hall–Kier alpha value is -1.62. The van der Waals surface area contributed by atoms with Gasteiger partial charge in [0, 0.05) is 18.5 Å². The van der Waals surface area contributed by atoms with Gasteiger partial charge in [0.25, 0.3) is 0 Å². The molecule has 4 nitrogen and oxygen atoms in total. The van der Waals surface area contributed by atoms with E-state index in [0.717, 1.165) is 32.1 Å². The van der Waals surface area contributed by atoms with Crippen LogP contribution in [0, 0.1) is 11.2 Å². The van der Waals surface area contributed by atoms with Crippen LogP contribution in [0.15, 0.2) is 18.2 Å². The number of phenols is 1. The van der Waals surface area contributed by atoms with Crippen molar-refractivity contribution in [3.8, 4) is 5.75 Å². The molecule has 1 unspecified atom stereocenters. The summed E-state index contributed by atoms with van der Waals surface area (Å²) in [7, 11) is 0. The van der Waals surface area contributed by atoms with Gasteiger partial charge in [0.05, 0.1) is 12.5 Å². The molecule has 1 aliphatic carbocycles. The van der Waals surface area contributed by atoms with E-state index < -0.39 is 11.6 Å². The molecule has 1 aliphatic heterocycles. The maximum atomic E-state index is 13.4. The first kappa shape index (κ1) is 15.3. The number of phenolic OH excluding ortho intramolecular Hbond substituents is 1. The number of aromatic hydroxyl groups is 1. The average Bonchev–Trinajstić information content (AvgIpc) is 2.83. The fourth-order valence-corrected chi connectivity index (χ4v) is 3.92. The number of amides is 1. The lowest BCUT2D eigenvalue weighted by Gasteiger charge is -2.42. The normalized spacial score (nSPS) is 28.3. The molecule has 120 valence electrons. The van der Waals surface area contributed by atoms with Crippen LogP contribution in [0.2, 0.25) is 0 Å². The van der Waals surface area contributed by atoms with Crippen LogP contribution in [0.4, 0.5) is 4.39 Å². The van der Waals surface area contributed by atoms with Gasteiger partial charge >= 0.3 is 0 Å². The number of rotatable bonds is 2. The third kappa shape index (κ3) is 2.82. The number of halogens is 1. The highest BCUT2D eigenvalue weighted by molar-refractivity contribution is 5.79. The number of piperidine rings is 1. The quantitative estimate of drug-likeness (QED) is 0.881. The first-order valence-electron chi connectivity index (χ1n) is 7.93. The molecule has 2 fully saturated rings. The van der Waals surface area contributed by atoms with Crippen molar-refractivity contribution >= 4 is 5.91 Å². The molecule has 1 saturated heterocycles. The number of aliphatic hydroxyl groups is 1. The minimum atomic E-state index is -0.702. The molecular formula is C17H22FNO3. The van der Waals surface area contributed by atoms with Gasteiger partial charge in [0.15, 0.2) is 11.6 Å². The summed E-state index contributed by atoms with van der Waals surface area (Å²) >= 11 is 0. The Balaban J connectivity index is 1.68. The summed E-state index contributed by atoms with van der Waals surface area (Å²) in [6, 6.07) is 4.05. The van der Waals surface area contributed by atoms with Crippen molar-refractivity contribution in [2.24, 2.45) is 5.41 Å². The molecule has 22 heavy (non-hydrogen) atoms. The van der Waals surface area contributed by atoms with Crippen LogP contribution < -0.4 is 0 Å². The van der Waals surface area contributed by atoms with E-state index in [1.165, 1.54) is 12.1 Å². The van der Waals surface area contributed by atoms with Gasteiger partial charge in [-0.05, 0) is 43.4 Å². The smallest absolute Gasteiger partial charge is 0.227 e. The van der Waals surface area contributed by atoms with Gasteiger partial charge in [0.1, 0.15) is 0 Å². The second-order valence-electron chi connectivity index (χ2n) is 6.65. The number of benzene rings is 1. The monoisotopic (exact) mass is 307 g/mol. The van der Waals surface area contributed by atoms with E-state index in [1.807, 2.05) is 4.90 Å². The van der Waals surface area contributed by atoms with Gasteiger partial charge in [-0.2, -0.15) is 0 Å². The fraction of sp³-hybridized carbons (Fsp3) is 0.588. The van der Waals surface area contributed by atoms with E-state index in [1.54, 1.807) is 6.07 Å². The lowest BCUT2D eigenvalue weighted by atomic mass is 9.76. The third-order valence-electron chi connectivity index (χ3n) is 5.19. The van der Waals surface area contributed by atoms with Crippen LogP contribution in [-0.2, 0) is 11.2 Å². The molecule has 1 saturated carbocycles. The van der Waals surface area contributed by atoms with Gasteiger partial charge in [-0.25, -0.2) is 4.39 Å². The standard InChI is InChI=1S/C17H22FNO3/c18-13-9-12(4-5-14(13)20)10-16(22)19-8-2-7-17(11-19)6-1-3-15(17)21/h4-5,9,15,20-21H,1-3,6-8,10-11H2/t15?,17-/m1/s1. The minimum Gasteiger partial charge on any atom is -0.505 e. The maximum Gasteiger partial charge on any atom is 0.227 e. The fourth-order valence-electron chi connectivity index (χ4n) is 3.92.